The molecule has 2 aromatic carbocycles. The number of amides is 3. The maximum atomic E-state index is 12.1. The molecule has 0 aromatic heterocycles. The van der Waals surface area contributed by atoms with Crippen LogP contribution in [0.3, 0.4) is 0 Å². The molecule has 0 saturated carbocycles. The highest BCUT2D eigenvalue weighted by Gasteiger charge is 2.15. The largest absolute Gasteiger partial charge is 0.398 e. The Bertz CT molecular complexity index is 691. The third-order valence-electron chi connectivity index (χ3n) is 3.46. The fourth-order valence-corrected chi connectivity index (χ4v) is 2.19. The Hall–Kier alpha value is -2.82. The van der Waals surface area contributed by atoms with Gasteiger partial charge in [-0.2, -0.15) is 0 Å². The lowest BCUT2D eigenvalue weighted by molar-refractivity contribution is 0.0964. The molecule has 2 rings (SSSR count). The van der Waals surface area contributed by atoms with Crippen molar-refractivity contribution in [3.63, 3.8) is 0 Å². The predicted molar refractivity (Wildman–Crippen MR) is 86.5 cm³/mol. The molecule has 0 unspecified atom stereocenters. The summed E-state index contributed by atoms with van der Waals surface area (Å²) in [4.78, 5) is 24.0. The second kappa shape index (κ2) is 6.76. The average molecular weight is 297 g/mol. The molecule has 0 radical (unpaired) electrons. The Morgan fingerprint density at radius 3 is 2.36 bits per heavy atom. The molecule has 0 heterocycles. The van der Waals surface area contributed by atoms with E-state index in [-0.39, 0.29) is 0 Å². The molecule has 2 aromatic rings. The van der Waals surface area contributed by atoms with Crippen LogP contribution in [-0.4, -0.2) is 11.9 Å². The zero-order valence-corrected chi connectivity index (χ0v) is 12.6. The van der Waals surface area contributed by atoms with Gasteiger partial charge in [-0.1, -0.05) is 36.4 Å². The molecular weight excluding hydrogens is 278 g/mol. The minimum atomic E-state index is -0.545. The molecule has 0 aliphatic heterocycles. The molecule has 0 spiro atoms. The number of nitrogens with two attached hydrogens (primary N) is 1. The van der Waals surface area contributed by atoms with Crippen molar-refractivity contribution in [2.45, 2.75) is 20.4 Å². The van der Waals surface area contributed by atoms with Crippen LogP contribution in [0.5, 0.6) is 0 Å². The predicted octanol–water partition coefficient (Wildman–Crippen LogP) is 2.53. The molecule has 0 bridgehead atoms. The van der Waals surface area contributed by atoms with Crippen LogP contribution in [-0.2, 0) is 6.54 Å². The quantitative estimate of drug-likeness (QED) is 0.761. The first-order valence-corrected chi connectivity index (χ1v) is 6.98. The highest BCUT2D eigenvalue weighted by molar-refractivity contribution is 6.08. The van der Waals surface area contributed by atoms with E-state index in [0.29, 0.717) is 17.8 Å². The van der Waals surface area contributed by atoms with Crippen molar-refractivity contribution in [1.82, 2.24) is 10.6 Å². The number of rotatable bonds is 3. The Labute approximate surface area is 129 Å². The first-order chi connectivity index (χ1) is 10.5. The number of nitrogen functional groups attached to an aromatic ring is 1. The molecule has 0 fully saturated rings. The number of carbonyl (C=O) groups excluding carboxylic acids is 2. The van der Waals surface area contributed by atoms with Gasteiger partial charge in [0.2, 0.25) is 0 Å². The number of anilines is 1. The highest BCUT2D eigenvalue weighted by atomic mass is 16.2. The fourth-order valence-electron chi connectivity index (χ4n) is 2.19. The number of urea groups is 1. The van der Waals surface area contributed by atoms with Crippen molar-refractivity contribution < 1.29 is 9.59 Å². The Morgan fingerprint density at radius 2 is 1.68 bits per heavy atom. The molecule has 4 N–H and O–H groups in total. The van der Waals surface area contributed by atoms with Crippen LogP contribution >= 0.6 is 0 Å². The van der Waals surface area contributed by atoms with Gasteiger partial charge in [0.15, 0.2) is 0 Å². The van der Waals surface area contributed by atoms with Crippen molar-refractivity contribution >= 4 is 17.6 Å². The van der Waals surface area contributed by atoms with Gasteiger partial charge in [0.05, 0.1) is 5.56 Å². The minimum Gasteiger partial charge on any atom is -0.398 e. The summed E-state index contributed by atoms with van der Waals surface area (Å²) in [6.07, 6.45) is 0. The van der Waals surface area contributed by atoms with Gasteiger partial charge in [-0.05, 0) is 36.6 Å². The maximum absolute atomic E-state index is 12.1. The number of nitrogens with one attached hydrogen (secondary N) is 2. The fraction of sp³-hybridized carbons (Fsp3) is 0.176. The molecule has 0 atom stereocenters. The molecular formula is C17H19N3O2. The van der Waals surface area contributed by atoms with Gasteiger partial charge in [0.1, 0.15) is 0 Å². The van der Waals surface area contributed by atoms with E-state index < -0.39 is 11.9 Å². The summed E-state index contributed by atoms with van der Waals surface area (Å²) in [5.74, 6) is -0.502. The zero-order chi connectivity index (χ0) is 16.1. The normalized spacial score (nSPS) is 10.1. The SMILES string of the molecule is Cc1ccccc1CNC(=O)NC(=O)c1c(C)cccc1N. The van der Waals surface area contributed by atoms with Crippen molar-refractivity contribution in [2.24, 2.45) is 0 Å². The van der Waals surface area contributed by atoms with E-state index >= 15 is 0 Å². The van der Waals surface area contributed by atoms with Crippen LogP contribution in [0.1, 0.15) is 27.0 Å². The van der Waals surface area contributed by atoms with Crippen molar-refractivity contribution in [1.29, 1.82) is 0 Å². The van der Waals surface area contributed by atoms with Crippen molar-refractivity contribution in [3.8, 4) is 0 Å². The zero-order valence-electron chi connectivity index (χ0n) is 12.6. The van der Waals surface area contributed by atoms with Crippen LogP contribution in [0, 0.1) is 13.8 Å². The van der Waals surface area contributed by atoms with Crippen LogP contribution < -0.4 is 16.4 Å². The molecule has 22 heavy (non-hydrogen) atoms. The first-order valence-electron chi connectivity index (χ1n) is 6.98. The van der Waals surface area contributed by atoms with Crippen LogP contribution in [0.15, 0.2) is 42.5 Å². The van der Waals surface area contributed by atoms with E-state index in [1.807, 2.05) is 31.2 Å². The van der Waals surface area contributed by atoms with Gasteiger partial charge >= 0.3 is 6.03 Å². The molecule has 5 heteroatoms. The Kier molecular flexibility index (Phi) is 4.78. The summed E-state index contributed by atoms with van der Waals surface area (Å²) in [5, 5.41) is 4.97. The van der Waals surface area contributed by atoms with Gasteiger partial charge in [0, 0.05) is 12.2 Å². The van der Waals surface area contributed by atoms with Crippen LogP contribution in [0.4, 0.5) is 10.5 Å². The molecule has 5 nitrogen and oxygen atoms in total. The monoisotopic (exact) mass is 297 g/mol. The number of hydrogen-bond donors (Lipinski definition) is 3. The lowest BCUT2D eigenvalue weighted by atomic mass is 10.1. The molecule has 0 aliphatic carbocycles. The number of aryl methyl sites for hydroxylation is 2. The summed E-state index contributed by atoms with van der Waals surface area (Å²) in [5.41, 5.74) is 9.28. The van der Waals surface area contributed by atoms with Gasteiger partial charge in [-0.3, -0.25) is 10.1 Å². The van der Waals surface area contributed by atoms with Gasteiger partial charge in [-0.25, -0.2) is 4.79 Å². The van der Waals surface area contributed by atoms with Gasteiger partial charge in [0.25, 0.3) is 5.91 Å². The minimum absolute atomic E-state index is 0.327. The van der Waals surface area contributed by atoms with E-state index in [9.17, 15) is 9.59 Å². The summed E-state index contributed by atoms with van der Waals surface area (Å²) in [6, 6.07) is 12.4. The molecule has 0 aliphatic rings. The Morgan fingerprint density at radius 1 is 1.00 bits per heavy atom. The highest BCUT2D eigenvalue weighted by Crippen LogP contribution is 2.15. The second-order valence-electron chi connectivity index (χ2n) is 5.10. The number of carbonyl (C=O) groups is 2. The Balaban J connectivity index is 1.98. The van der Waals surface area contributed by atoms with E-state index in [1.165, 1.54) is 0 Å². The number of hydrogen-bond acceptors (Lipinski definition) is 3. The maximum Gasteiger partial charge on any atom is 0.321 e. The topological polar surface area (TPSA) is 84.2 Å². The average Bonchev–Trinajstić information content (AvgIpc) is 2.46. The summed E-state index contributed by atoms with van der Waals surface area (Å²) in [7, 11) is 0. The standard InChI is InChI=1S/C17H19N3O2/c1-11-6-3-4-8-13(11)10-19-17(22)20-16(21)15-12(2)7-5-9-14(15)18/h3-9H,10,18H2,1-2H3,(H2,19,20,21,22). The second-order valence-corrected chi connectivity index (χ2v) is 5.10. The summed E-state index contributed by atoms with van der Waals surface area (Å²) in [6.45, 7) is 4.10. The third-order valence-corrected chi connectivity index (χ3v) is 3.46. The van der Waals surface area contributed by atoms with Gasteiger partial charge in [-0.15, -0.1) is 0 Å². The molecule has 3 amide bonds. The van der Waals surface area contributed by atoms with E-state index in [4.69, 9.17) is 5.73 Å². The molecule has 0 saturated heterocycles. The van der Waals surface area contributed by atoms with E-state index in [1.54, 1.807) is 25.1 Å². The lowest BCUT2D eigenvalue weighted by Crippen LogP contribution is -2.39. The summed E-state index contributed by atoms with van der Waals surface area (Å²) < 4.78 is 0. The summed E-state index contributed by atoms with van der Waals surface area (Å²) >= 11 is 0. The third kappa shape index (κ3) is 3.63. The van der Waals surface area contributed by atoms with E-state index in [2.05, 4.69) is 10.6 Å². The van der Waals surface area contributed by atoms with Crippen molar-refractivity contribution in [2.75, 3.05) is 5.73 Å². The van der Waals surface area contributed by atoms with Gasteiger partial charge < -0.3 is 11.1 Å². The van der Waals surface area contributed by atoms with Crippen LogP contribution in [0.25, 0.3) is 0 Å². The van der Waals surface area contributed by atoms with E-state index in [0.717, 1.165) is 16.7 Å². The van der Waals surface area contributed by atoms with Crippen molar-refractivity contribution in [3.05, 3.63) is 64.7 Å². The smallest absolute Gasteiger partial charge is 0.321 e. The molecule has 114 valence electrons. The number of benzene rings is 2. The van der Waals surface area contributed by atoms with Crippen LogP contribution in [0.2, 0.25) is 0 Å². The number of imide groups is 1. The first kappa shape index (κ1) is 15.6. The lowest BCUT2D eigenvalue weighted by Gasteiger charge is -2.11.